The van der Waals surface area contributed by atoms with Crippen molar-refractivity contribution in [3.63, 3.8) is 0 Å². The van der Waals surface area contributed by atoms with Crippen molar-refractivity contribution in [1.29, 1.82) is 0 Å². The number of nitrogen functional groups attached to an aromatic ring is 1. The maximum Gasteiger partial charge on any atom is 0.251 e. The Kier molecular flexibility index (Phi) is 4.26. The summed E-state index contributed by atoms with van der Waals surface area (Å²) in [4.78, 5) is 11.9. The predicted octanol–water partition coefficient (Wildman–Crippen LogP) is 3.15. The summed E-state index contributed by atoms with van der Waals surface area (Å²) in [6.07, 6.45) is 6.80. The van der Waals surface area contributed by atoms with Gasteiger partial charge in [-0.1, -0.05) is 23.3 Å². The minimum Gasteiger partial charge on any atom is -0.398 e. The summed E-state index contributed by atoms with van der Waals surface area (Å²) >= 11 is 5.88. The Labute approximate surface area is 112 Å². The van der Waals surface area contributed by atoms with Crippen LogP contribution in [-0.4, -0.2) is 12.5 Å². The third-order valence-electron chi connectivity index (χ3n) is 3.13. The van der Waals surface area contributed by atoms with E-state index in [4.69, 9.17) is 17.3 Å². The lowest BCUT2D eigenvalue weighted by Gasteiger charge is -2.07. The van der Waals surface area contributed by atoms with Gasteiger partial charge in [0, 0.05) is 12.1 Å². The zero-order valence-electron chi connectivity index (χ0n) is 10.2. The van der Waals surface area contributed by atoms with Crippen molar-refractivity contribution in [2.45, 2.75) is 25.7 Å². The Bertz CT molecular complexity index is 483. The van der Waals surface area contributed by atoms with Crippen LogP contribution in [0.1, 0.15) is 36.0 Å². The molecule has 3 N–H and O–H groups in total. The van der Waals surface area contributed by atoms with E-state index in [9.17, 15) is 4.79 Å². The van der Waals surface area contributed by atoms with Gasteiger partial charge in [0.2, 0.25) is 0 Å². The molecule has 0 aromatic heterocycles. The monoisotopic (exact) mass is 264 g/mol. The fourth-order valence-corrected chi connectivity index (χ4v) is 2.25. The van der Waals surface area contributed by atoms with Gasteiger partial charge in [-0.05, 0) is 43.9 Å². The lowest BCUT2D eigenvalue weighted by atomic mass is 10.1. The molecule has 18 heavy (non-hydrogen) atoms. The number of benzene rings is 1. The van der Waals surface area contributed by atoms with E-state index >= 15 is 0 Å². The molecule has 0 saturated carbocycles. The molecule has 1 aliphatic rings. The number of nitrogens with two attached hydrogens (primary N) is 1. The fraction of sp³-hybridized carbons (Fsp3) is 0.357. The average Bonchev–Trinajstić information content (AvgIpc) is 2.85. The predicted molar refractivity (Wildman–Crippen MR) is 74.7 cm³/mol. The quantitative estimate of drug-likeness (QED) is 0.648. The molecule has 0 spiro atoms. The second-order valence-electron chi connectivity index (χ2n) is 4.50. The number of anilines is 1. The molecule has 1 aromatic rings. The molecule has 0 heterocycles. The van der Waals surface area contributed by atoms with Crippen LogP contribution in [0, 0.1) is 0 Å². The van der Waals surface area contributed by atoms with Crippen LogP contribution in [0.3, 0.4) is 0 Å². The summed E-state index contributed by atoms with van der Waals surface area (Å²) in [5, 5.41) is 3.31. The maximum atomic E-state index is 11.9. The first-order valence-electron chi connectivity index (χ1n) is 6.18. The van der Waals surface area contributed by atoms with Gasteiger partial charge in [0.15, 0.2) is 0 Å². The number of nitrogens with one attached hydrogen (secondary N) is 1. The van der Waals surface area contributed by atoms with Crippen molar-refractivity contribution in [1.82, 2.24) is 5.32 Å². The van der Waals surface area contributed by atoms with E-state index in [0.717, 1.165) is 6.42 Å². The molecule has 1 aromatic carbocycles. The zero-order valence-corrected chi connectivity index (χ0v) is 11.0. The number of hydrogen-bond donors (Lipinski definition) is 2. The Balaban J connectivity index is 1.85. The molecule has 4 heteroatoms. The molecule has 0 unspecified atom stereocenters. The van der Waals surface area contributed by atoms with Crippen molar-refractivity contribution in [2.24, 2.45) is 0 Å². The molecular weight excluding hydrogens is 248 g/mol. The Morgan fingerprint density at radius 1 is 1.44 bits per heavy atom. The summed E-state index contributed by atoms with van der Waals surface area (Å²) in [6, 6.07) is 4.93. The second kappa shape index (κ2) is 5.91. The van der Waals surface area contributed by atoms with Crippen LogP contribution in [0.25, 0.3) is 0 Å². The number of halogens is 1. The number of rotatable bonds is 4. The summed E-state index contributed by atoms with van der Waals surface area (Å²) in [6.45, 7) is 0.673. The second-order valence-corrected chi connectivity index (χ2v) is 4.90. The largest absolute Gasteiger partial charge is 0.398 e. The number of amides is 1. The van der Waals surface area contributed by atoms with Crippen LogP contribution < -0.4 is 11.1 Å². The normalized spacial score (nSPS) is 14.4. The van der Waals surface area contributed by atoms with E-state index in [-0.39, 0.29) is 5.91 Å². The molecule has 0 bridgehead atoms. The Morgan fingerprint density at radius 2 is 2.28 bits per heavy atom. The van der Waals surface area contributed by atoms with Gasteiger partial charge in [-0.15, -0.1) is 0 Å². The van der Waals surface area contributed by atoms with Gasteiger partial charge in [0.25, 0.3) is 5.91 Å². The molecule has 0 fully saturated rings. The van der Waals surface area contributed by atoms with Crippen molar-refractivity contribution in [3.05, 3.63) is 40.4 Å². The van der Waals surface area contributed by atoms with Gasteiger partial charge in [-0.25, -0.2) is 0 Å². The Hall–Kier alpha value is -1.48. The van der Waals surface area contributed by atoms with Gasteiger partial charge in [-0.2, -0.15) is 0 Å². The first-order valence-corrected chi connectivity index (χ1v) is 6.56. The zero-order chi connectivity index (χ0) is 13.0. The molecule has 2 rings (SSSR count). The third-order valence-corrected chi connectivity index (χ3v) is 3.46. The highest BCUT2D eigenvalue weighted by Crippen LogP contribution is 2.21. The van der Waals surface area contributed by atoms with E-state index < -0.39 is 0 Å². The molecule has 0 atom stereocenters. The van der Waals surface area contributed by atoms with Crippen LogP contribution in [-0.2, 0) is 0 Å². The summed E-state index contributed by atoms with van der Waals surface area (Å²) in [5.41, 5.74) is 8.09. The molecule has 3 nitrogen and oxygen atoms in total. The van der Waals surface area contributed by atoms with Gasteiger partial charge in [-0.3, -0.25) is 4.79 Å². The Morgan fingerprint density at radius 3 is 2.94 bits per heavy atom. The number of carbonyl (C=O) groups is 1. The van der Waals surface area contributed by atoms with E-state index in [1.54, 1.807) is 18.2 Å². The van der Waals surface area contributed by atoms with E-state index in [0.29, 0.717) is 22.8 Å². The minimum atomic E-state index is -0.101. The highest BCUT2D eigenvalue weighted by Gasteiger charge is 2.08. The topological polar surface area (TPSA) is 55.1 Å². The van der Waals surface area contributed by atoms with E-state index in [2.05, 4.69) is 11.4 Å². The lowest BCUT2D eigenvalue weighted by Crippen LogP contribution is -2.24. The SMILES string of the molecule is Nc1ccc(C(=O)NCCC2=CCCC2)cc1Cl. The summed E-state index contributed by atoms with van der Waals surface area (Å²) in [7, 11) is 0. The smallest absolute Gasteiger partial charge is 0.251 e. The van der Waals surface area contributed by atoms with Crippen LogP contribution >= 0.6 is 11.6 Å². The van der Waals surface area contributed by atoms with E-state index in [1.165, 1.54) is 24.8 Å². The first kappa shape index (κ1) is 13.0. The van der Waals surface area contributed by atoms with Gasteiger partial charge in [0.1, 0.15) is 0 Å². The van der Waals surface area contributed by atoms with Gasteiger partial charge in [0.05, 0.1) is 10.7 Å². The molecule has 0 radical (unpaired) electrons. The number of hydrogen-bond acceptors (Lipinski definition) is 2. The molecular formula is C14H17ClN2O. The van der Waals surface area contributed by atoms with Gasteiger partial charge >= 0.3 is 0 Å². The summed E-state index contributed by atoms with van der Waals surface area (Å²) < 4.78 is 0. The molecule has 0 aliphatic heterocycles. The average molecular weight is 265 g/mol. The molecule has 1 aliphatic carbocycles. The maximum absolute atomic E-state index is 11.9. The lowest BCUT2D eigenvalue weighted by molar-refractivity contribution is 0.0954. The van der Waals surface area contributed by atoms with Crippen molar-refractivity contribution < 1.29 is 4.79 Å². The van der Waals surface area contributed by atoms with Crippen molar-refractivity contribution in [3.8, 4) is 0 Å². The van der Waals surface area contributed by atoms with Crippen LogP contribution in [0.15, 0.2) is 29.8 Å². The highest BCUT2D eigenvalue weighted by molar-refractivity contribution is 6.33. The first-order chi connectivity index (χ1) is 8.66. The summed E-state index contributed by atoms with van der Waals surface area (Å²) in [5.74, 6) is -0.101. The number of carbonyl (C=O) groups excluding carboxylic acids is 1. The fourth-order valence-electron chi connectivity index (χ4n) is 2.07. The number of allylic oxidation sites excluding steroid dienone is 1. The van der Waals surface area contributed by atoms with Crippen molar-refractivity contribution in [2.75, 3.05) is 12.3 Å². The van der Waals surface area contributed by atoms with Gasteiger partial charge < -0.3 is 11.1 Å². The van der Waals surface area contributed by atoms with E-state index in [1.807, 2.05) is 0 Å². The third kappa shape index (κ3) is 3.26. The van der Waals surface area contributed by atoms with Crippen LogP contribution in [0.4, 0.5) is 5.69 Å². The highest BCUT2D eigenvalue weighted by atomic mass is 35.5. The van der Waals surface area contributed by atoms with Crippen LogP contribution in [0.2, 0.25) is 5.02 Å². The molecule has 0 saturated heterocycles. The molecule has 96 valence electrons. The minimum absolute atomic E-state index is 0.101. The standard InChI is InChI=1S/C14H17ClN2O/c15-12-9-11(5-6-13(12)16)14(18)17-8-7-10-3-1-2-4-10/h3,5-6,9H,1-2,4,7-8,16H2,(H,17,18). The van der Waals surface area contributed by atoms with Crippen LogP contribution in [0.5, 0.6) is 0 Å². The van der Waals surface area contributed by atoms with Crippen molar-refractivity contribution >= 4 is 23.2 Å². The molecule has 1 amide bonds.